The molecule has 2 aliphatic heterocycles. The minimum absolute atomic E-state index is 0.0158. The maximum atomic E-state index is 13.5. The molecule has 0 saturated heterocycles. The van der Waals surface area contributed by atoms with Crippen molar-refractivity contribution in [1.82, 2.24) is 5.01 Å². The molecule has 36 heavy (non-hydrogen) atoms. The predicted molar refractivity (Wildman–Crippen MR) is 142 cm³/mol. The number of amides is 2. The van der Waals surface area contributed by atoms with Crippen molar-refractivity contribution in [3.63, 3.8) is 0 Å². The van der Waals surface area contributed by atoms with Gasteiger partial charge in [0.2, 0.25) is 5.91 Å². The van der Waals surface area contributed by atoms with Gasteiger partial charge in [-0.3, -0.25) is 9.59 Å². The number of thioether (sulfide) groups is 1. The van der Waals surface area contributed by atoms with Gasteiger partial charge in [0.25, 0.3) is 5.91 Å². The Labute approximate surface area is 213 Å². The fraction of sp³-hybridized carbons (Fsp3) is 0.214. The maximum Gasteiger partial charge on any atom is 0.262 e. The molecule has 1 N–H and O–H groups in total. The molecule has 182 valence electrons. The normalized spacial score (nSPS) is 19.3. The molecular weight excluding hydrogens is 475 g/mol. The minimum atomic E-state index is -0.616. The van der Waals surface area contributed by atoms with E-state index in [9.17, 15) is 14.0 Å². The average molecular weight is 501 g/mol. The van der Waals surface area contributed by atoms with Crippen molar-refractivity contribution in [1.29, 1.82) is 0 Å². The molecule has 0 fully saturated rings. The Balaban J connectivity index is 1.35. The zero-order valence-corrected chi connectivity index (χ0v) is 20.8. The van der Waals surface area contributed by atoms with Crippen LogP contribution in [0.2, 0.25) is 0 Å². The van der Waals surface area contributed by atoms with Crippen LogP contribution in [-0.4, -0.2) is 33.0 Å². The average Bonchev–Trinajstić information content (AvgIpc) is 3.45. The Kier molecular flexibility index (Phi) is 6.69. The molecule has 2 amide bonds. The van der Waals surface area contributed by atoms with Crippen molar-refractivity contribution < 1.29 is 14.0 Å². The summed E-state index contributed by atoms with van der Waals surface area (Å²) in [7, 11) is 0. The van der Waals surface area contributed by atoms with Crippen molar-refractivity contribution in [3.8, 4) is 0 Å². The van der Waals surface area contributed by atoms with Crippen molar-refractivity contribution in [2.45, 2.75) is 38.0 Å². The van der Waals surface area contributed by atoms with Crippen LogP contribution >= 0.6 is 11.8 Å². The van der Waals surface area contributed by atoms with Crippen LogP contribution in [0.1, 0.15) is 41.1 Å². The first-order valence-electron chi connectivity index (χ1n) is 11.7. The number of carbonyl (C=O) groups excluding carboxylic acids is 2. The number of carbonyl (C=O) groups is 2. The summed E-state index contributed by atoms with van der Waals surface area (Å²) < 4.78 is 13.5. The van der Waals surface area contributed by atoms with Crippen LogP contribution in [0, 0.1) is 19.7 Å². The lowest BCUT2D eigenvalue weighted by Crippen LogP contribution is -2.25. The Morgan fingerprint density at radius 3 is 2.31 bits per heavy atom. The fourth-order valence-corrected chi connectivity index (χ4v) is 5.23. The highest BCUT2D eigenvalue weighted by Crippen LogP contribution is 2.38. The van der Waals surface area contributed by atoms with Gasteiger partial charge in [0.05, 0.1) is 11.8 Å². The van der Waals surface area contributed by atoms with Crippen molar-refractivity contribution in [2.75, 3.05) is 5.32 Å². The summed E-state index contributed by atoms with van der Waals surface area (Å²) in [4.78, 5) is 29.6. The van der Waals surface area contributed by atoms with Crippen molar-refractivity contribution >= 4 is 40.1 Å². The molecule has 0 bridgehead atoms. The summed E-state index contributed by atoms with van der Waals surface area (Å²) in [6.07, 6.45) is 0.600. The smallest absolute Gasteiger partial charge is 0.262 e. The van der Waals surface area contributed by atoms with Crippen LogP contribution in [0.4, 0.5) is 10.1 Å². The lowest BCUT2D eigenvalue weighted by Gasteiger charge is -2.23. The fourth-order valence-electron chi connectivity index (χ4n) is 4.17. The van der Waals surface area contributed by atoms with E-state index in [0.717, 1.165) is 28.0 Å². The van der Waals surface area contributed by atoms with Crippen LogP contribution in [0.15, 0.2) is 82.9 Å². The maximum absolute atomic E-state index is 13.5. The molecular formula is C28H25FN4O2S. The van der Waals surface area contributed by atoms with E-state index in [0.29, 0.717) is 17.3 Å². The van der Waals surface area contributed by atoms with Gasteiger partial charge in [-0.15, -0.1) is 0 Å². The van der Waals surface area contributed by atoms with E-state index >= 15 is 0 Å². The third kappa shape index (κ3) is 5.23. The van der Waals surface area contributed by atoms with Crippen molar-refractivity contribution in [3.05, 3.63) is 101 Å². The molecule has 0 aliphatic carbocycles. The molecule has 0 radical (unpaired) electrons. The van der Waals surface area contributed by atoms with Crippen molar-refractivity contribution in [2.24, 2.45) is 10.1 Å². The van der Waals surface area contributed by atoms with Gasteiger partial charge < -0.3 is 5.32 Å². The summed E-state index contributed by atoms with van der Waals surface area (Å²) in [5.74, 6) is -0.896. The minimum Gasteiger partial charge on any atom is -0.326 e. The first-order valence-corrected chi connectivity index (χ1v) is 12.6. The number of hydrazone groups is 1. The number of hydrogen-bond donors (Lipinski definition) is 1. The molecule has 0 aromatic heterocycles. The summed E-state index contributed by atoms with van der Waals surface area (Å²) in [6.45, 7) is 4.00. The summed E-state index contributed by atoms with van der Waals surface area (Å²) in [5.41, 5.74) is 5.58. The number of benzene rings is 3. The van der Waals surface area contributed by atoms with Gasteiger partial charge >= 0.3 is 0 Å². The number of amidine groups is 1. The highest BCUT2D eigenvalue weighted by atomic mass is 32.2. The van der Waals surface area contributed by atoms with Gasteiger partial charge in [0, 0.05) is 18.5 Å². The lowest BCUT2D eigenvalue weighted by molar-refractivity contribution is -0.121. The second kappa shape index (κ2) is 10.1. The quantitative estimate of drug-likeness (QED) is 0.493. The van der Waals surface area contributed by atoms with E-state index in [2.05, 4.69) is 10.3 Å². The molecule has 2 aliphatic rings. The van der Waals surface area contributed by atoms with Gasteiger partial charge in [-0.25, -0.2) is 9.40 Å². The molecule has 3 aromatic rings. The number of rotatable bonds is 5. The van der Waals surface area contributed by atoms with E-state index in [1.54, 1.807) is 17.1 Å². The number of aryl methyl sites for hydroxylation is 2. The van der Waals surface area contributed by atoms with Crippen LogP contribution in [0.5, 0.6) is 0 Å². The molecule has 0 spiro atoms. The Morgan fingerprint density at radius 1 is 1.00 bits per heavy atom. The predicted octanol–water partition coefficient (Wildman–Crippen LogP) is 5.62. The van der Waals surface area contributed by atoms with Crippen LogP contribution < -0.4 is 5.32 Å². The molecule has 3 aromatic carbocycles. The Morgan fingerprint density at radius 2 is 1.64 bits per heavy atom. The Hall–Kier alpha value is -3.78. The highest BCUT2D eigenvalue weighted by Gasteiger charge is 2.39. The summed E-state index contributed by atoms with van der Waals surface area (Å²) in [5, 5.41) is 9.26. The third-order valence-electron chi connectivity index (χ3n) is 6.18. The number of nitrogens with one attached hydrogen (secondary N) is 1. The largest absolute Gasteiger partial charge is 0.326 e. The lowest BCUT2D eigenvalue weighted by atomic mass is 9.98. The van der Waals surface area contributed by atoms with Gasteiger partial charge in [-0.05, 0) is 49.2 Å². The first-order chi connectivity index (χ1) is 17.4. The van der Waals surface area contributed by atoms with Gasteiger partial charge in [0.15, 0.2) is 5.17 Å². The number of hydrogen-bond acceptors (Lipinski definition) is 5. The zero-order valence-electron chi connectivity index (χ0n) is 19.9. The summed E-state index contributed by atoms with van der Waals surface area (Å²) in [6, 6.07) is 21.7. The molecule has 5 rings (SSSR count). The third-order valence-corrected chi connectivity index (χ3v) is 7.32. The van der Waals surface area contributed by atoms with Gasteiger partial charge in [0.1, 0.15) is 11.1 Å². The zero-order chi connectivity index (χ0) is 25.2. The van der Waals surface area contributed by atoms with E-state index in [4.69, 9.17) is 5.10 Å². The van der Waals surface area contributed by atoms with E-state index in [1.807, 2.05) is 62.4 Å². The monoisotopic (exact) mass is 500 g/mol. The van der Waals surface area contributed by atoms with E-state index in [-0.39, 0.29) is 30.1 Å². The van der Waals surface area contributed by atoms with E-state index in [1.165, 1.54) is 23.9 Å². The highest BCUT2D eigenvalue weighted by molar-refractivity contribution is 8.15. The molecule has 6 nitrogen and oxygen atoms in total. The number of halogens is 1. The second-order valence-electron chi connectivity index (χ2n) is 8.99. The van der Waals surface area contributed by atoms with Crippen LogP contribution in [0.25, 0.3) is 0 Å². The molecule has 2 atom stereocenters. The molecule has 0 unspecified atom stereocenters. The SMILES string of the molecule is Cc1ccc(NC(=O)C[C@@H]2SC(N3N=C(c4ccc(F)cc4)C[C@@H]3c3ccc(C)cc3)=NC2=O)cc1. The topological polar surface area (TPSA) is 74.1 Å². The molecule has 0 saturated carbocycles. The second-order valence-corrected chi connectivity index (χ2v) is 10.2. The summed E-state index contributed by atoms with van der Waals surface area (Å²) >= 11 is 1.26. The molecule has 2 heterocycles. The van der Waals surface area contributed by atoms with Gasteiger partial charge in [-0.1, -0.05) is 71.4 Å². The first kappa shape index (κ1) is 23.9. The van der Waals surface area contributed by atoms with Gasteiger partial charge in [-0.2, -0.15) is 10.1 Å². The van der Waals surface area contributed by atoms with Crippen LogP contribution in [-0.2, 0) is 9.59 Å². The number of aliphatic imine (C=N–C) groups is 1. The van der Waals surface area contributed by atoms with E-state index < -0.39 is 5.25 Å². The van der Waals surface area contributed by atoms with Crippen LogP contribution in [0.3, 0.4) is 0 Å². The number of nitrogens with zero attached hydrogens (tertiary/aromatic N) is 3. The standard InChI is InChI=1S/C28H25FN4O2S/c1-17-3-7-20(8-4-17)24-15-23(19-9-11-21(29)12-10-19)32-33(24)28-31-27(35)25(36-28)16-26(34)30-22-13-5-18(2)6-14-22/h3-14,24-25H,15-16H2,1-2H3,(H,30,34)/t24-,25+/m1/s1. The molecule has 8 heteroatoms. The Bertz CT molecular complexity index is 1350. The number of anilines is 1.